The van der Waals surface area contributed by atoms with E-state index in [0.717, 1.165) is 35.8 Å². The average Bonchev–Trinajstić information content (AvgIpc) is 3.50. The fourth-order valence-corrected chi connectivity index (χ4v) is 5.74. The molecule has 9 nitrogen and oxygen atoms in total. The number of piperidine rings is 1. The largest absolute Gasteiger partial charge is 0.348 e. The number of thiazole rings is 1. The van der Waals surface area contributed by atoms with Crippen LogP contribution in [0.5, 0.6) is 0 Å². The van der Waals surface area contributed by atoms with Gasteiger partial charge in [0.15, 0.2) is 5.13 Å². The molecule has 37 heavy (non-hydrogen) atoms. The predicted molar refractivity (Wildman–Crippen MR) is 143 cm³/mol. The van der Waals surface area contributed by atoms with Crippen molar-refractivity contribution in [3.8, 4) is 11.5 Å². The topological polar surface area (TPSA) is 102 Å². The van der Waals surface area contributed by atoms with Crippen molar-refractivity contribution in [2.45, 2.75) is 53.5 Å². The zero-order valence-electron chi connectivity index (χ0n) is 21.7. The van der Waals surface area contributed by atoms with Crippen LogP contribution in [-0.2, 0) is 0 Å². The quantitative estimate of drug-likeness (QED) is 0.365. The minimum atomic E-state index is -0.617. The number of hydrogen-bond acceptors (Lipinski definition) is 8. The number of tetrazole rings is 1. The van der Waals surface area contributed by atoms with Gasteiger partial charge in [-0.05, 0) is 66.6 Å². The Morgan fingerprint density at radius 2 is 1.92 bits per heavy atom. The van der Waals surface area contributed by atoms with E-state index in [-0.39, 0.29) is 17.4 Å². The molecule has 1 saturated heterocycles. The number of aromatic nitrogens is 6. The first kappa shape index (κ1) is 25.2. The van der Waals surface area contributed by atoms with E-state index in [9.17, 15) is 9.18 Å². The lowest BCUT2D eigenvalue weighted by atomic mass is 9.75. The minimum absolute atomic E-state index is 0.0417. The van der Waals surface area contributed by atoms with Gasteiger partial charge in [-0.3, -0.25) is 4.79 Å². The molecule has 4 heterocycles. The van der Waals surface area contributed by atoms with Gasteiger partial charge in [0.25, 0.3) is 5.91 Å². The number of benzene rings is 1. The Bertz CT molecular complexity index is 1430. The van der Waals surface area contributed by atoms with E-state index in [2.05, 4.69) is 56.5 Å². The fraction of sp³-hybridized carbons (Fsp3) is 0.462. The van der Waals surface area contributed by atoms with E-state index in [0.29, 0.717) is 28.4 Å². The smallest absolute Gasteiger partial charge is 0.259 e. The number of carbonyl (C=O) groups is 1. The summed E-state index contributed by atoms with van der Waals surface area (Å²) in [4.78, 5) is 24.4. The van der Waals surface area contributed by atoms with Crippen LogP contribution in [0, 0.1) is 17.2 Å². The third-order valence-corrected chi connectivity index (χ3v) is 7.98. The zero-order chi connectivity index (χ0) is 26.3. The van der Waals surface area contributed by atoms with Crippen LogP contribution in [0.15, 0.2) is 30.3 Å². The summed E-state index contributed by atoms with van der Waals surface area (Å²) in [7, 11) is 0. The molecular weight excluding hydrogens is 491 g/mol. The third kappa shape index (κ3) is 5.18. The first-order valence-electron chi connectivity index (χ1n) is 12.5. The number of carbonyl (C=O) groups excluding carboxylic acids is 1. The summed E-state index contributed by atoms with van der Waals surface area (Å²) < 4.78 is 17.4. The Kier molecular flexibility index (Phi) is 6.65. The maximum Gasteiger partial charge on any atom is 0.259 e. The maximum atomic E-state index is 15.0. The lowest BCUT2D eigenvalue weighted by Crippen LogP contribution is -2.37. The molecule has 0 aliphatic carbocycles. The molecule has 0 saturated carbocycles. The highest BCUT2D eigenvalue weighted by Crippen LogP contribution is 2.38. The normalized spacial score (nSPS) is 15.1. The molecule has 11 heteroatoms. The molecule has 0 radical (unpaired) electrons. The summed E-state index contributed by atoms with van der Waals surface area (Å²) in [5, 5.41) is 15.3. The number of amides is 1. The van der Waals surface area contributed by atoms with Gasteiger partial charge in [0.2, 0.25) is 5.82 Å². The fourth-order valence-electron chi connectivity index (χ4n) is 4.70. The molecule has 1 fully saturated rings. The van der Waals surface area contributed by atoms with Crippen molar-refractivity contribution >= 4 is 38.4 Å². The summed E-state index contributed by atoms with van der Waals surface area (Å²) in [6.45, 7) is 12.7. The Balaban J connectivity index is 1.34. The van der Waals surface area contributed by atoms with Gasteiger partial charge in [-0.15, -0.1) is 5.10 Å². The van der Waals surface area contributed by atoms with Crippen LogP contribution in [0.4, 0.5) is 15.3 Å². The van der Waals surface area contributed by atoms with Gasteiger partial charge in [-0.25, -0.2) is 19.0 Å². The van der Waals surface area contributed by atoms with Crippen molar-refractivity contribution in [3.05, 3.63) is 41.7 Å². The van der Waals surface area contributed by atoms with Crippen molar-refractivity contribution in [3.63, 3.8) is 0 Å². The van der Waals surface area contributed by atoms with E-state index < -0.39 is 11.7 Å². The van der Waals surface area contributed by atoms with Crippen LogP contribution in [0.1, 0.15) is 63.9 Å². The summed E-state index contributed by atoms with van der Waals surface area (Å²) in [5.74, 6) is 0.257. The number of fused-ring (bicyclic) bond motifs is 1. The van der Waals surface area contributed by atoms with Crippen molar-refractivity contribution in [1.82, 2.24) is 30.2 Å². The van der Waals surface area contributed by atoms with Gasteiger partial charge in [-0.2, -0.15) is 0 Å². The van der Waals surface area contributed by atoms with E-state index in [1.807, 2.05) is 13.8 Å². The highest BCUT2D eigenvalue weighted by atomic mass is 32.1. The van der Waals surface area contributed by atoms with Gasteiger partial charge in [0.1, 0.15) is 17.3 Å². The lowest BCUT2D eigenvalue weighted by molar-refractivity contribution is 0.102. The van der Waals surface area contributed by atoms with Crippen LogP contribution in [0.25, 0.3) is 21.7 Å². The first-order valence-corrected chi connectivity index (χ1v) is 13.3. The molecule has 1 N–H and O–H groups in total. The average molecular weight is 523 g/mol. The van der Waals surface area contributed by atoms with Gasteiger partial charge in [0, 0.05) is 19.2 Å². The molecule has 0 atom stereocenters. The zero-order valence-corrected chi connectivity index (χ0v) is 22.5. The van der Waals surface area contributed by atoms with E-state index in [4.69, 9.17) is 0 Å². The van der Waals surface area contributed by atoms with Crippen molar-refractivity contribution in [2.75, 3.05) is 23.3 Å². The number of nitrogens with one attached hydrogen (secondary N) is 1. The van der Waals surface area contributed by atoms with Crippen LogP contribution in [0.3, 0.4) is 0 Å². The van der Waals surface area contributed by atoms with Crippen molar-refractivity contribution < 1.29 is 9.18 Å². The molecule has 4 aromatic rings. The molecule has 3 aromatic heterocycles. The predicted octanol–water partition coefficient (Wildman–Crippen LogP) is 5.58. The minimum Gasteiger partial charge on any atom is -0.348 e. The van der Waals surface area contributed by atoms with E-state index >= 15 is 0 Å². The number of rotatable bonds is 5. The second kappa shape index (κ2) is 9.77. The summed E-state index contributed by atoms with van der Waals surface area (Å²) in [5.41, 5.74) is 1.32. The molecule has 1 aromatic carbocycles. The second-order valence-electron chi connectivity index (χ2n) is 10.8. The van der Waals surface area contributed by atoms with Crippen molar-refractivity contribution in [1.29, 1.82) is 0 Å². The van der Waals surface area contributed by atoms with Crippen LogP contribution < -0.4 is 10.2 Å². The van der Waals surface area contributed by atoms with E-state index in [1.54, 1.807) is 28.9 Å². The summed E-state index contributed by atoms with van der Waals surface area (Å²) in [6, 6.07) is 8.11. The SMILES string of the molecule is CC(C)n1nnnc1-c1cccc(NC(=O)c2cc3sc(N4CCC(C(C)(C)C)CC4)nc3cc2F)n1. The maximum absolute atomic E-state index is 15.0. The molecule has 5 rings (SSSR count). The lowest BCUT2D eigenvalue weighted by Gasteiger charge is -2.38. The molecular formula is C26H31FN8OS. The van der Waals surface area contributed by atoms with Gasteiger partial charge >= 0.3 is 0 Å². The van der Waals surface area contributed by atoms with Gasteiger partial charge in [-0.1, -0.05) is 38.2 Å². The third-order valence-electron chi connectivity index (χ3n) is 6.90. The molecule has 0 spiro atoms. The molecule has 0 bridgehead atoms. The number of anilines is 2. The monoisotopic (exact) mass is 522 g/mol. The number of hydrogen-bond donors (Lipinski definition) is 1. The van der Waals surface area contributed by atoms with Crippen molar-refractivity contribution in [2.24, 2.45) is 11.3 Å². The number of nitrogens with zero attached hydrogens (tertiary/aromatic N) is 7. The Labute approximate surface area is 219 Å². The van der Waals surface area contributed by atoms with Gasteiger partial charge in [0.05, 0.1) is 21.8 Å². The second-order valence-corrected chi connectivity index (χ2v) is 11.8. The summed E-state index contributed by atoms with van der Waals surface area (Å²) >= 11 is 1.49. The molecule has 1 aliphatic rings. The molecule has 0 unspecified atom stereocenters. The van der Waals surface area contributed by atoms with E-state index in [1.165, 1.54) is 17.4 Å². The Morgan fingerprint density at radius 1 is 1.16 bits per heavy atom. The van der Waals surface area contributed by atoms with Crippen LogP contribution in [-0.4, -0.2) is 49.2 Å². The van der Waals surface area contributed by atoms with Crippen LogP contribution in [0.2, 0.25) is 0 Å². The molecule has 1 aliphatic heterocycles. The molecule has 1 amide bonds. The summed E-state index contributed by atoms with van der Waals surface area (Å²) in [6.07, 6.45) is 2.22. The Morgan fingerprint density at radius 3 is 2.62 bits per heavy atom. The Hall–Kier alpha value is -3.47. The van der Waals surface area contributed by atoms with Gasteiger partial charge < -0.3 is 10.2 Å². The highest BCUT2D eigenvalue weighted by Gasteiger charge is 2.30. The molecule has 194 valence electrons. The number of pyridine rings is 1. The highest BCUT2D eigenvalue weighted by molar-refractivity contribution is 7.22. The number of halogens is 1. The standard InChI is InChI=1S/C26H31FN8OS/c1-15(2)35-23(31-32-33-35)19-7-6-8-22(28-19)30-24(36)17-13-21-20(14-18(17)27)29-25(37-21)34-11-9-16(10-12-34)26(3,4)5/h6-8,13-16H,9-12H2,1-5H3,(H,28,30,36). The van der Waals surface area contributed by atoms with Crippen LogP contribution >= 0.6 is 11.3 Å². The first-order chi connectivity index (χ1) is 17.6.